The summed E-state index contributed by atoms with van der Waals surface area (Å²) in [5, 5.41) is 2.83. The number of carbonyl (C=O) groups excluding carboxylic acids is 1. The van der Waals surface area contributed by atoms with Crippen molar-refractivity contribution in [3.05, 3.63) is 29.3 Å². The minimum atomic E-state index is -0.0254. The lowest BCUT2D eigenvalue weighted by Gasteiger charge is -2.07. The van der Waals surface area contributed by atoms with Crippen LogP contribution in [0.1, 0.15) is 43.1 Å². The molecule has 0 aromatic heterocycles. The molecular formula is C14H23NO2. The van der Waals surface area contributed by atoms with Crippen molar-refractivity contribution >= 4 is 5.91 Å². The summed E-state index contributed by atoms with van der Waals surface area (Å²) < 4.78 is 5.13. The average molecular weight is 237 g/mol. The van der Waals surface area contributed by atoms with Gasteiger partial charge in [0.1, 0.15) is 5.75 Å². The quantitative estimate of drug-likeness (QED) is 0.873. The first-order valence-corrected chi connectivity index (χ1v) is 6.12. The number of hydrogen-bond donors (Lipinski definition) is 1. The highest BCUT2D eigenvalue weighted by atomic mass is 16.5. The Bertz CT molecular complexity index is 348. The molecule has 0 bridgehead atoms. The predicted octanol–water partition coefficient (Wildman–Crippen LogP) is 3.17. The van der Waals surface area contributed by atoms with Gasteiger partial charge in [-0.25, -0.2) is 0 Å². The third-order valence-electron chi connectivity index (χ3n) is 2.19. The number of nitrogens with one attached hydrogen (secondary N) is 1. The molecule has 0 atom stereocenters. The van der Waals surface area contributed by atoms with Gasteiger partial charge in [0.2, 0.25) is 0 Å². The first-order chi connectivity index (χ1) is 8.19. The number of carbonyl (C=O) groups is 1. The minimum absolute atomic E-state index is 0.0254. The Labute approximate surface area is 104 Å². The van der Waals surface area contributed by atoms with E-state index >= 15 is 0 Å². The fourth-order valence-corrected chi connectivity index (χ4v) is 1.36. The van der Waals surface area contributed by atoms with Crippen molar-refractivity contribution in [3.8, 4) is 5.75 Å². The Morgan fingerprint density at radius 1 is 1.35 bits per heavy atom. The van der Waals surface area contributed by atoms with Crippen LogP contribution in [0.4, 0.5) is 0 Å². The van der Waals surface area contributed by atoms with Crippen molar-refractivity contribution in [1.29, 1.82) is 0 Å². The van der Waals surface area contributed by atoms with Crippen molar-refractivity contribution < 1.29 is 9.53 Å². The number of rotatable bonds is 4. The van der Waals surface area contributed by atoms with Gasteiger partial charge in [-0.05, 0) is 37.1 Å². The van der Waals surface area contributed by atoms with E-state index in [9.17, 15) is 4.79 Å². The van der Waals surface area contributed by atoms with E-state index in [2.05, 4.69) is 5.32 Å². The second kappa shape index (κ2) is 8.62. The van der Waals surface area contributed by atoms with Gasteiger partial charge in [0.25, 0.3) is 5.91 Å². The molecule has 0 saturated heterocycles. The van der Waals surface area contributed by atoms with Gasteiger partial charge in [-0.15, -0.1) is 0 Å². The van der Waals surface area contributed by atoms with Gasteiger partial charge < -0.3 is 10.1 Å². The van der Waals surface area contributed by atoms with Crippen LogP contribution in [0.15, 0.2) is 18.2 Å². The Balaban J connectivity index is 0.00000121. The summed E-state index contributed by atoms with van der Waals surface area (Å²) in [5.41, 5.74) is 1.66. The molecule has 1 rings (SSSR count). The highest BCUT2D eigenvalue weighted by molar-refractivity contribution is 5.94. The number of methoxy groups -OCH3 is 1. The molecule has 96 valence electrons. The highest BCUT2D eigenvalue weighted by Crippen LogP contribution is 2.18. The summed E-state index contributed by atoms with van der Waals surface area (Å²) in [6.45, 7) is 8.67. The summed E-state index contributed by atoms with van der Waals surface area (Å²) in [6.07, 6.45) is 0.945. The second-order valence-electron chi connectivity index (χ2n) is 3.44. The Morgan fingerprint density at radius 2 is 2.00 bits per heavy atom. The molecule has 0 heterocycles. The van der Waals surface area contributed by atoms with Gasteiger partial charge in [0, 0.05) is 12.1 Å². The van der Waals surface area contributed by atoms with Gasteiger partial charge in [-0.2, -0.15) is 0 Å². The zero-order valence-electron chi connectivity index (χ0n) is 11.5. The highest BCUT2D eigenvalue weighted by Gasteiger charge is 2.06. The van der Waals surface area contributed by atoms with Crippen LogP contribution in [0.2, 0.25) is 0 Å². The third-order valence-corrected chi connectivity index (χ3v) is 2.19. The molecular weight excluding hydrogens is 214 g/mol. The average Bonchev–Trinajstić information content (AvgIpc) is 2.38. The topological polar surface area (TPSA) is 38.3 Å². The number of ether oxygens (including phenoxy) is 1. The fraction of sp³-hybridized carbons (Fsp3) is 0.500. The summed E-state index contributed by atoms with van der Waals surface area (Å²) in [7, 11) is 1.62. The molecule has 0 radical (unpaired) electrons. The Morgan fingerprint density at radius 3 is 2.47 bits per heavy atom. The molecule has 1 N–H and O–H groups in total. The predicted molar refractivity (Wildman–Crippen MR) is 71.7 cm³/mol. The summed E-state index contributed by atoms with van der Waals surface area (Å²) in [5.74, 6) is 0.782. The van der Waals surface area contributed by atoms with Crippen LogP contribution in [0.5, 0.6) is 5.75 Å². The number of aryl methyl sites for hydroxylation is 1. The monoisotopic (exact) mass is 237 g/mol. The van der Waals surface area contributed by atoms with Gasteiger partial charge in [-0.3, -0.25) is 4.79 Å². The number of hydrogen-bond acceptors (Lipinski definition) is 2. The molecule has 0 fully saturated rings. The van der Waals surface area contributed by atoms with E-state index in [4.69, 9.17) is 4.74 Å². The van der Waals surface area contributed by atoms with Crippen LogP contribution >= 0.6 is 0 Å². The molecule has 0 aliphatic heterocycles. The minimum Gasteiger partial charge on any atom is -0.496 e. The van der Waals surface area contributed by atoms with Crippen LogP contribution < -0.4 is 10.1 Å². The third kappa shape index (κ3) is 4.89. The van der Waals surface area contributed by atoms with Crippen molar-refractivity contribution in [2.75, 3.05) is 13.7 Å². The zero-order valence-corrected chi connectivity index (χ0v) is 11.5. The van der Waals surface area contributed by atoms with Crippen LogP contribution in [0.3, 0.4) is 0 Å². The van der Waals surface area contributed by atoms with Gasteiger partial charge in [0.15, 0.2) is 0 Å². The molecule has 1 aromatic rings. The van der Waals surface area contributed by atoms with E-state index < -0.39 is 0 Å². The maximum Gasteiger partial charge on any atom is 0.251 e. The van der Waals surface area contributed by atoms with Gasteiger partial charge in [0.05, 0.1) is 7.11 Å². The first kappa shape index (κ1) is 15.5. The number of amides is 1. The molecule has 17 heavy (non-hydrogen) atoms. The molecule has 0 aliphatic carbocycles. The van der Waals surface area contributed by atoms with E-state index in [1.165, 1.54) is 0 Å². The van der Waals surface area contributed by atoms with E-state index in [0.29, 0.717) is 12.1 Å². The van der Waals surface area contributed by atoms with Crippen molar-refractivity contribution in [3.63, 3.8) is 0 Å². The van der Waals surface area contributed by atoms with E-state index in [1.54, 1.807) is 13.2 Å². The molecule has 1 aromatic carbocycles. The standard InChI is InChI=1S/C12H17NO2.C2H6/c1-4-7-13-12(14)10-5-6-11(15-3)9(2)8-10;1-2/h5-6,8H,4,7H2,1-3H3,(H,13,14);1-2H3. The summed E-state index contributed by atoms with van der Waals surface area (Å²) in [6, 6.07) is 5.43. The van der Waals surface area contributed by atoms with Crippen LogP contribution in [0, 0.1) is 6.92 Å². The van der Waals surface area contributed by atoms with Crippen LogP contribution in [-0.2, 0) is 0 Å². The smallest absolute Gasteiger partial charge is 0.251 e. The lowest BCUT2D eigenvalue weighted by atomic mass is 10.1. The zero-order chi connectivity index (χ0) is 13.3. The van der Waals surface area contributed by atoms with Gasteiger partial charge in [-0.1, -0.05) is 20.8 Å². The van der Waals surface area contributed by atoms with E-state index in [1.807, 2.05) is 39.8 Å². The van der Waals surface area contributed by atoms with Crippen molar-refractivity contribution in [1.82, 2.24) is 5.32 Å². The normalized spacial score (nSPS) is 9.00. The summed E-state index contributed by atoms with van der Waals surface area (Å²) in [4.78, 5) is 11.6. The van der Waals surface area contributed by atoms with Crippen molar-refractivity contribution in [2.45, 2.75) is 34.1 Å². The van der Waals surface area contributed by atoms with Crippen LogP contribution in [-0.4, -0.2) is 19.6 Å². The van der Waals surface area contributed by atoms with E-state index in [0.717, 1.165) is 17.7 Å². The molecule has 1 amide bonds. The van der Waals surface area contributed by atoms with Crippen molar-refractivity contribution in [2.24, 2.45) is 0 Å². The molecule has 0 saturated carbocycles. The summed E-state index contributed by atoms with van der Waals surface area (Å²) >= 11 is 0. The molecule has 0 aliphatic rings. The lowest BCUT2D eigenvalue weighted by Crippen LogP contribution is -2.23. The lowest BCUT2D eigenvalue weighted by molar-refractivity contribution is 0.0953. The maximum absolute atomic E-state index is 11.6. The fourth-order valence-electron chi connectivity index (χ4n) is 1.36. The Hall–Kier alpha value is -1.51. The molecule has 3 nitrogen and oxygen atoms in total. The largest absolute Gasteiger partial charge is 0.496 e. The first-order valence-electron chi connectivity index (χ1n) is 6.12. The van der Waals surface area contributed by atoms with E-state index in [-0.39, 0.29) is 5.91 Å². The second-order valence-corrected chi connectivity index (χ2v) is 3.44. The van der Waals surface area contributed by atoms with Gasteiger partial charge >= 0.3 is 0 Å². The Kier molecular flexibility index (Phi) is 7.85. The molecule has 0 spiro atoms. The molecule has 3 heteroatoms. The number of benzene rings is 1. The van der Waals surface area contributed by atoms with Crippen LogP contribution in [0.25, 0.3) is 0 Å². The maximum atomic E-state index is 11.6. The SMILES string of the molecule is CC.CCCNC(=O)c1ccc(OC)c(C)c1. The molecule has 0 unspecified atom stereocenters.